The molecule has 1 N–H and O–H groups in total. The highest BCUT2D eigenvalue weighted by Crippen LogP contribution is 2.47. The summed E-state index contributed by atoms with van der Waals surface area (Å²) in [6.07, 6.45) is 1.75. The van der Waals surface area contributed by atoms with Gasteiger partial charge in [0.15, 0.2) is 5.62 Å². The Hall–Kier alpha value is -4.94. The molecule has 6 aromatic carbocycles. The number of hydrogen-bond donors (Lipinski definition) is 1. The molecule has 1 aliphatic rings. The van der Waals surface area contributed by atoms with Gasteiger partial charge in [0.05, 0.1) is 26.6 Å². The van der Waals surface area contributed by atoms with E-state index in [1.807, 2.05) is 32.1 Å². The van der Waals surface area contributed by atoms with Crippen LogP contribution in [-0.4, -0.2) is 10.2 Å². The summed E-state index contributed by atoms with van der Waals surface area (Å²) in [6, 6.07) is 43.8. The van der Waals surface area contributed by atoms with Crippen LogP contribution >= 0.6 is 34.3 Å². The van der Waals surface area contributed by atoms with Crippen LogP contribution < -0.4 is 15.2 Å². The van der Waals surface area contributed by atoms with Crippen LogP contribution in [0.25, 0.3) is 74.2 Å². The standard InChI is InChI=1S/C38H22ClN3S2.C3H6.C2H6.H2/c39-38-40-33(37-34(41-38)27-13-5-8-16-30(27)44-37)21-17-19-22(20-18-21)42-28-14-6-3-11-25(28)31-23-9-1-2-10-24(23)36-32(35(31)42)26-12-4-7-15-29(26)43-36;1-3-2;1-2;/h1-20,38,40H;3H,1H2,2H3;1-2H3;1H. The van der Waals surface area contributed by atoms with E-state index in [1.54, 1.807) is 17.4 Å². The second-order valence-corrected chi connectivity index (χ2v) is 14.2. The fraction of sp³-hybridized carbons (Fsp3) is 0.0930. The number of allylic oxidation sites excluding steroid dienone is 1. The van der Waals surface area contributed by atoms with Crippen LogP contribution in [0.1, 0.15) is 27.8 Å². The van der Waals surface area contributed by atoms with E-state index in [2.05, 4.69) is 138 Å². The van der Waals surface area contributed by atoms with E-state index in [-0.39, 0.29) is 1.43 Å². The van der Waals surface area contributed by atoms with Gasteiger partial charge in [-0.05, 0) is 48.2 Å². The lowest BCUT2D eigenvalue weighted by Crippen LogP contribution is -2.38. The van der Waals surface area contributed by atoms with Crippen molar-refractivity contribution >= 4 is 103 Å². The molecule has 0 saturated heterocycles. The number of rotatable bonds is 2. The minimum Gasteiger partial charge on any atom is -0.350 e. The monoisotopic (exact) mass is 693 g/mol. The predicted octanol–water partition coefficient (Wildman–Crippen LogP) is 11.9. The van der Waals surface area contributed by atoms with E-state index in [0.29, 0.717) is 0 Å². The lowest BCUT2D eigenvalue weighted by molar-refractivity contribution is 0.784. The number of thiophene rings is 2. The molecule has 6 heteroatoms. The molecule has 3 aromatic heterocycles. The Morgan fingerprint density at radius 3 is 2.00 bits per heavy atom. The number of nitrogens with one attached hydrogen (secondary N) is 1. The van der Waals surface area contributed by atoms with Crippen molar-refractivity contribution in [2.75, 3.05) is 0 Å². The second kappa shape index (κ2) is 12.8. The van der Waals surface area contributed by atoms with Crippen molar-refractivity contribution in [1.82, 2.24) is 9.88 Å². The fourth-order valence-electron chi connectivity index (χ4n) is 7.04. The summed E-state index contributed by atoms with van der Waals surface area (Å²) in [5.41, 5.74) is 5.22. The van der Waals surface area contributed by atoms with Gasteiger partial charge in [-0.1, -0.05) is 123 Å². The Morgan fingerprint density at radius 2 is 1.29 bits per heavy atom. The highest BCUT2D eigenvalue weighted by Gasteiger charge is 2.22. The number of nitrogens with zero attached hydrogens (tertiary/aromatic N) is 2. The van der Waals surface area contributed by atoms with Crippen molar-refractivity contribution in [3.8, 4) is 5.69 Å². The molecule has 0 amide bonds. The molecular weight excluding hydrogens is 658 g/mol. The van der Waals surface area contributed by atoms with Gasteiger partial charge in [-0.25, -0.2) is 4.99 Å². The summed E-state index contributed by atoms with van der Waals surface area (Å²) in [4.78, 5) is 4.75. The average molecular weight is 694 g/mol. The second-order valence-electron chi connectivity index (χ2n) is 11.6. The van der Waals surface area contributed by atoms with Gasteiger partial charge in [-0.15, -0.1) is 29.3 Å². The van der Waals surface area contributed by atoms with E-state index in [1.165, 1.54) is 57.5 Å². The lowest BCUT2D eigenvalue weighted by atomic mass is 10.00. The Balaban J connectivity index is 0.000000623. The quantitative estimate of drug-likeness (QED) is 0.109. The zero-order valence-electron chi connectivity index (χ0n) is 27.5. The molecule has 0 bridgehead atoms. The van der Waals surface area contributed by atoms with Crippen molar-refractivity contribution in [1.29, 1.82) is 0 Å². The van der Waals surface area contributed by atoms with E-state index in [9.17, 15) is 0 Å². The number of aromatic nitrogens is 1. The third-order valence-corrected chi connectivity index (χ3v) is 11.5. The van der Waals surface area contributed by atoms with Crippen molar-refractivity contribution in [2.24, 2.45) is 4.99 Å². The molecular formula is C43H36ClN3S2. The van der Waals surface area contributed by atoms with E-state index in [0.717, 1.165) is 32.2 Å². The molecule has 1 aliphatic heterocycles. The molecule has 0 spiro atoms. The molecule has 1 atom stereocenters. The number of alkyl halides is 1. The number of para-hydroxylation sites is 1. The largest absolute Gasteiger partial charge is 0.350 e. The van der Waals surface area contributed by atoms with Crippen LogP contribution in [0.2, 0.25) is 0 Å². The van der Waals surface area contributed by atoms with Gasteiger partial charge in [0.1, 0.15) is 0 Å². The van der Waals surface area contributed by atoms with Crippen molar-refractivity contribution in [3.63, 3.8) is 0 Å². The minimum atomic E-state index is -0.513. The van der Waals surface area contributed by atoms with Crippen LogP contribution in [0.3, 0.4) is 0 Å². The first-order valence-corrected chi connectivity index (χ1v) is 18.7. The van der Waals surface area contributed by atoms with Crippen LogP contribution in [0.4, 0.5) is 0 Å². The van der Waals surface area contributed by atoms with Gasteiger partial charge in [-0.3, -0.25) is 0 Å². The zero-order valence-corrected chi connectivity index (χ0v) is 29.9. The van der Waals surface area contributed by atoms with Crippen LogP contribution in [0.5, 0.6) is 0 Å². The maximum absolute atomic E-state index is 6.63. The summed E-state index contributed by atoms with van der Waals surface area (Å²) < 4.78 is 7.46. The van der Waals surface area contributed by atoms with Gasteiger partial charge in [-0.2, -0.15) is 0 Å². The zero-order chi connectivity index (χ0) is 33.6. The van der Waals surface area contributed by atoms with E-state index in [4.69, 9.17) is 16.6 Å². The highest BCUT2D eigenvalue weighted by molar-refractivity contribution is 7.27. The Labute approximate surface area is 299 Å². The minimum absolute atomic E-state index is 0. The van der Waals surface area contributed by atoms with Gasteiger partial charge in [0.25, 0.3) is 0 Å². The van der Waals surface area contributed by atoms with E-state index < -0.39 is 5.62 Å². The summed E-state index contributed by atoms with van der Waals surface area (Å²) in [5.74, 6) is 0. The van der Waals surface area contributed by atoms with Crippen LogP contribution in [-0.2, 0) is 0 Å². The smallest absolute Gasteiger partial charge is 0.196 e. The first-order chi connectivity index (χ1) is 24.2. The topological polar surface area (TPSA) is 29.3 Å². The lowest BCUT2D eigenvalue weighted by Gasteiger charge is -2.17. The molecule has 242 valence electrons. The Kier molecular flexibility index (Phi) is 8.20. The van der Waals surface area contributed by atoms with Gasteiger partial charge < -0.3 is 9.88 Å². The molecule has 3 nitrogen and oxygen atoms in total. The molecule has 0 radical (unpaired) electrons. The molecule has 9 aromatic rings. The first-order valence-electron chi connectivity index (χ1n) is 16.6. The fourth-order valence-corrected chi connectivity index (χ4v) is 9.67. The molecule has 0 fully saturated rings. The predicted molar refractivity (Wildman–Crippen MR) is 218 cm³/mol. The Bertz CT molecular complexity index is 2830. The van der Waals surface area contributed by atoms with Crippen LogP contribution in [0.15, 0.2) is 139 Å². The third kappa shape index (κ3) is 4.95. The number of benzene rings is 6. The summed E-state index contributed by atoms with van der Waals surface area (Å²) in [5, 5.41) is 13.4. The van der Waals surface area contributed by atoms with Crippen molar-refractivity contribution < 1.29 is 1.43 Å². The number of fused-ring (bicyclic) bond motifs is 13. The first kappa shape index (κ1) is 31.3. The number of halogens is 1. The molecule has 1 unspecified atom stereocenters. The average Bonchev–Trinajstić information content (AvgIpc) is 3.83. The summed E-state index contributed by atoms with van der Waals surface area (Å²) >= 11 is 10.3. The van der Waals surface area contributed by atoms with Gasteiger partial charge >= 0.3 is 0 Å². The molecule has 4 heterocycles. The summed E-state index contributed by atoms with van der Waals surface area (Å²) in [6.45, 7) is 9.25. The molecule has 10 rings (SSSR count). The van der Waals surface area contributed by atoms with E-state index >= 15 is 0 Å². The SMILES string of the molecule is C=CC.CC.ClC1N=c2c(sc3ccccc23)=C(c2ccc(-n3c4ccccc4c4c5ccccc5c5sc6ccccc6c5c43)cc2)N1.[HH]. The molecule has 0 aliphatic carbocycles. The third-order valence-electron chi connectivity index (χ3n) is 8.86. The Morgan fingerprint density at radius 1 is 0.714 bits per heavy atom. The normalized spacial score (nSPS) is 13.9. The molecule has 49 heavy (non-hydrogen) atoms. The highest BCUT2D eigenvalue weighted by atomic mass is 35.5. The van der Waals surface area contributed by atoms with Crippen molar-refractivity contribution in [2.45, 2.75) is 26.4 Å². The number of hydrogen-bond acceptors (Lipinski definition) is 4. The van der Waals surface area contributed by atoms with Gasteiger partial charge in [0, 0.05) is 53.5 Å². The molecule has 0 saturated carbocycles. The summed E-state index contributed by atoms with van der Waals surface area (Å²) in [7, 11) is 0. The van der Waals surface area contributed by atoms with Gasteiger partial charge in [0.2, 0.25) is 0 Å². The maximum atomic E-state index is 6.63. The van der Waals surface area contributed by atoms with Crippen molar-refractivity contribution in [3.05, 3.63) is 149 Å². The van der Waals surface area contributed by atoms with Crippen LogP contribution in [0, 0.1) is 0 Å². The maximum Gasteiger partial charge on any atom is 0.196 e.